The van der Waals surface area contributed by atoms with E-state index < -0.39 is 20.2 Å². The summed E-state index contributed by atoms with van der Waals surface area (Å²) in [7, 11) is -8.38. The molecule has 0 saturated carbocycles. The molecule has 0 fully saturated rings. The summed E-state index contributed by atoms with van der Waals surface area (Å²) >= 11 is 4.24. The van der Waals surface area contributed by atoms with Gasteiger partial charge in [0.1, 0.15) is 0 Å². The van der Waals surface area contributed by atoms with Crippen molar-refractivity contribution >= 4 is 65.4 Å². The number of aryl methyl sites for hydroxylation is 2. The van der Waals surface area contributed by atoms with Gasteiger partial charge >= 0.3 is 37.7 Å². The summed E-state index contributed by atoms with van der Waals surface area (Å²) in [6, 6.07) is 3.81. The molecular formula is C12H14I2Li2O6S2. The minimum atomic E-state index is -4.19. The summed E-state index contributed by atoms with van der Waals surface area (Å²) in [5.74, 6) is -0.772. The molecule has 1 rings (SSSR count). The van der Waals surface area contributed by atoms with Gasteiger partial charge in [-0.3, -0.25) is 0 Å². The minimum absolute atomic E-state index is 0. The molecule has 0 atom stereocenters. The fourth-order valence-electron chi connectivity index (χ4n) is 1.89. The topological polar surface area (TPSA) is 114 Å². The maximum Gasteiger partial charge on any atom is 1.00 e. The van der Waals surface area contributed by atoms with Crippen LogP contribution in [0.1, 0.15) is 24.0 Å². The molecule has 0 heterocycles. The Hall–Kier alpha value is 1.69. The van der Waals surface area contributed by atoms with Crippen LogP contribution in [0.3, 0.4) is 0 Å². The first-order valence-electron chi connectivity index (χ1n) is 6.32. The second-order valence-corrected chi connectivity index (χ2v) is 10.1. The maximum atomic E-state index is 10.6. The van der Waals surface area contributed by atoms with E-state index in [0.717, 1.165) is 18.3 Å². The molecule has 0 aliphatic rings. The Labute approximate surface area is 194 Å². The summed E-state index contributed by atoms with van der Waals surface area (Å²) in [6.45, 7) is 0. The Kier molecular flexibility index (Phi) is 14.2. The van der Waals surface area contributed by atoms with Crippen molar-refractivity contribution in [1.82, 2.24) is 0 Å². The quantitative estimate of drug-likeness (QED) is 0.174. The van der Waals surface area contributed by atoms with E-state index in [1.165, 1.54) is 0 Å². The van der Waals surface area contributed by atoms with Crippen LogP contribution in [0.15, 0.2) is 12.1 Å². The summed E-state index contributed by atoms with van der Waals surface area (Å²) < 4.78 is 65.4. The first-order chi connectivity index (χ1) is 9.98. The molecule has 0 aliphatic carbocycles. The van der Waals surface area contributed by atoms with Crippen LogP contribution in [-0.4, -0.2) is 37.4 Å². The SMILES string of the molecule is O=S(=O)([O-])CCCc1cc(I)c(CCCS(=O)(=O)[O-])cc1I.[Li+].[Li+]. The Morgan fingerprint density at radius 2 is 1.04 bits per heavy atom. The van der Waals surface area contributed by atoms with Crippen LogP contribution in [0.25, 0.3) is 0 Å². The van der Waals surface area contributed by atoms with Crippen molar-refractivity contribution in [2.75, 3.05) is 11.5 Å². The van der Waals surface area contributed by atoms with E-state index in [-0.39, 0.29) is 62.1 Å². The zero-order valence-electron chi connectivity index (χ0n) is 13.4. The first-order valence-corrected chi connectivity index (χ1v) is 11.6. The van der Waals surface area contributed by atoms with Crippen molar-refractivity contribution in [3.8, 4) is 0 Å². The Morgan fingerprint density at radius 1 is 0.750 bits per heavy atom. The number of hydrogen-bond acceptors (Lipinski definition) is 6. The molecule has 0 bridgehead atoms. The fourth-order valence-corrected chi connectivity index (χ4v) is 4.49. The molecule has 24 heavy (non-hydrogen) atoms. The normalized spacial score (nSPS) is 11.5. The second-order valence-electron chi connectivity index (χ2n) is 4.77. The number of halogens is 2. The third-order valence-electron chi connectivity index (χ3n) is 2.90. The molecule has 0 saturated heterocycles. The average Bonchev–Trinajstić information content (AvgIpc) is 2.31. The molecule has 0 radical (unpaired) electrons. The van der Waals surface area contributed by atoms with E-state index in [9.17, 15) is 25.9 Å². The van der Waals surface area contributed by atoms with Crippen LogP contribution in [0.4, 0.5) is 0 Å². The van der Waals surface area contributed by atoms with Crippen LogP contribution in [-0.2, 0) is 33.1 Å². The Bertz CT molecular complexity index is 674. The van der Waals surface area contributed by atoms with E-state index in [0.29, 0.717) is 12.8 Å². The van der Waals surface area contributed by atoms with Gasteiger partial charge < -0.3 is 9.11 Å². The summed E-state index contributed by atoms with van der Waals surface area (Å²) in [4.78, 5) is 0. The minimum Gasteiger partial charge on any atom is -0.748 e. The van der Waals surface area contributed by atoms with Gasteiger partial charge in [-0.15, -0.1) is 0 Å². The molecule has 6 nitrogen and oxygen atoms in total. The van der Waals surface area contributed by atoms with E-state index in [4.69, 9.17) is 0 Å². The molecular weight excluding hydrogens is 572 g/mol. The zero-order chi connectivity index (χ0) is 17.0. The van der Waals surface area contributed by atoms with Gasteiger partial charge in [0.2, 0.25) is 0 Å². The molecule has 0 unspecified atom stereocenters. The van der Waals surface area contributed by atoms with Gasteiger partial charge in [-0.05, 0) is 94.1 Å². The van der Waals surface area contributed by atoms with Gasteiger partial charge in [-0.1, -0.05) is 0 Å². The van der Waals surface area contributed by atoms with E-state index >= 15 is 0 Å². The Balaban J connectivity index is 0. The van der Waals surface area contributed by atoms with Gasteiger partial charge in [0.15, 0.2) is 0 Å². The van der Waals surface area contributed by atoms with Crippen LogP contribution >= 0.6 is 45.2 Å². The van der Waals surface area contributed by atoms with Gasteiger partial charge in [0.05, 0.1) is 20.2 Å². The van der Waals surface area contributed by atoms with E-state index in [1.807, 2.05) is 12.1 Å². The van der Waals surface area contributed by atoms with E-state index in [2.05, 4.69) is 45.2 Å². The monoisotopic (exact) mass is 586 g/mol. The molecule has 0 N–H and O–H groups in total. The van der Waals surface area contributed by atoms with Crippen LogP contribution in [0, 0.1) is 7.14 Å². The third-order valence-corrected chi connectivity index (χ3v) is 6.48. The first kappa shape index (κ1) is 27.9. The van der Waals surface area contributed by atoms with Crippen molar-refractivity contribution in [3.63, 3.8) is 0 Å². The largest absolute Gasteiger partial charge is 1.00 e. The Morgan fingerprint density at radius 3 is 1.29 bits per heavy atom. The fraction of sp³-hybridized carbons (Fsp3) is 0.500. The van der Waals surface area contributed by atoms with Crippen LogP contribution in [0.5, 0.6) is 0 Å². The summed E-state index contributed by atoms with van der Waals surface area (Å²) in [5, 5.41) is 0. The van der Waals surface area contributed by atoms with E-state index in [1.54, 1.807) is 0 Å². The van der Waals surface area contributed by atoms with Crippen molar-refractivity contribution in [3.05, 3.63) is 30.4 Å². The molecule has 12 heteroatoms. The molecule has 0 amide bonds. The number of benzene rings is 1. The summed E-state index contributed by atoms with van der Waals surface area (Å²) in [6.07, 6.45) is 1.52. The van der Waals surface area contributed by atoms with Crippen molar-refractivity contribution in [1.29, 1.82) is 0 Å². The van der Waals surface area contributed by atoms with Crippen LogP contribution < -0.4 is 37.7 Å². The third kappa shape index (κ3) is 12.1. The average molecular weight is 586 g/mol. The number of rotatable bonds is 8. The predicted octanol–water partition coefficient (Wildman–Crippen LogP) is -4.14. The summed E-state index contributed by atoms with van der Waals surface area (Å²) in [5.41, 5.74) is 1.91. The molecule has 0 spiro atoms. The van der Waals surface area contributed by atoms with Crippen molar-refractivity contribution < 1.29 is 63.7 Å². The molecule has 1 aromatic carbocycles. The predicted molar refractivity (Wildman–Crippen MR) is 97.6 cm³/mol. The molecule has 126 valence electrons. The zero-order valence-corrected chi connectivity index (χ0v) is 19.4. The van der Waals surface area contributed by atoms with Crippen molar-refractivity contribution in [2.45, 2.75) is 25.7 Å². The van der Waals surface area contributed by atoms with Crippen LogP contribution in [0.2, 0.25) is 0 Å². The van der Waals surface area contributed by atoms with Gasteiger partial charge in [-0.2, -0.15) is 0 Å². The standard InChI is InChI=1S/C12H16I2O6S2.2Li/c13-11-8-10(4-2-6-22(18,19)20)12(14)7-9(11)3-1-5-21(15,16)17;;/h7-8H,1-6H2,(H,15,16,17)(H,18,19,20);;/q;2*+1/p-2. The second kappa shape index (κ2) is 12.2. The van der Waals surface area contributed by atoms with Crippen molar-refractivity contribution in [2.24, 2.45) is 0 Å². The molecule has 0 aliphatic heterocycles. The smallest absolute Gasteiger partial charge is 0.748 e. The van der Waals surface area contributed by atoms with Gasteiger partial charge in [0, 0.05) is 18.6 Å². The molecule has 1 aromatic rings. The molecule has 0 aromatic heterocycles. The maximum absolute atomic E-state index is 10.6. The van der Waals surface area contributed by atoms with Gasteiger partial charge in [-0.25, -0.2) is 16.8 Å². The van der Waals surface area contributed by atoms with Gasteiger partial charge in [0.25, 0.3) is 0 Å². The number of hydrogen-bond donors (Lipinski definition) is 0.